The molecule has 0 aromatic carbocycles. The fraction of sp³-hybridized carbons (Fsp3) is 0.750. The second-order valence-corrected chi connectivity index (χ2v) is 1.71. The first-order chi connectivity index (χ1) is 3.63. The molecule has 1 aliphatic rings. The Bertz CT molecular complexity index is 123. The SMILES string of the molecule is O=C1NCCC1(F)F. The summed E-state index contributed by atoms with van der Waals surface area (Å²) in [6.07, 6.45) is -0.355. The Hall–Kier alpha value is -0.670. The van der Waals surface area contributed by atoms with Gasteiger partial charge in [0.25, 0.3) is 5.91 Å². The topological polar surface area (TPSA) is 29.1 Å². The molecular weight excluding hydrogens is 116 g/mol. The fourth-order valence-corrected chi connectivity index (χ4v) is 0.576. The summed E-state index contributed by atoms with van der Waals surface area (Å²) in [4.78, 5) is 10.0. The minimum atomic E-state index is -3.10. The predicted molar refractivity (Wildman–Crippen MR) is 22.6 cm³/mol. The summed E-state index contributed by atoms with van der Waals surface area (Å²) in [7, 11) is 0. The highest BCUT2D eigenvalue weighted by Crippen LogP contribution is 2.21. The van der Waals surface area contributed by atoms with Crippen molar-refractivity contribution in [1.29, 1.82) is 0 Å². The number of alkyl halides is 2. The molecule has 1 rings (SSSR count). The van der Waals surface area contributed by atoms with E-state index >= 15 is 0 Å². The monoisotopic (exact) mass is 121 g/mol. The van der Waals surface area contributed by atoms with Crippen molar-refractivity contribution in [3.8, 4) is 0 Å². The van der Waals surface area contributed by atoms with E-state index in [4.69, 9.17) is 0 Å². The Morgan fingerprint density at radius 1 is 1.62 bits per heavy atom. The number of carbonyl (C=O) groups excluding carboxylic acids is 1. The third-order valence-corrected chi connectivity index (χ3v) is 1.06. The summed E-state index contributed by atoms with van der Waals surface area (Å²) in [6.45, 7) is 0.103. The van der Waals surface area contributed by atoms with Gasteiger partial charge in [-0.15, -0.1) is 0 Å². The summed E-state index contributed by atoms with van der Waals surface area (Å²) in [6, 6.07) is 0. The van der Waals surface area contributed by atoms with Crippen LogP contribution >= 0.6 is 0 Å². The fourth-order valence-electron chi connectivity index (χ4n) is 0.576. The van der Waals surface area contributed by atoms with Crippen LogP contribution in [0.4, 0.5) is 8.78 Å². The molecule has 4 heteroatoms. The lowest BCUT2D eigenvalue weighted by atomic mass is 10.3. The van der Waals surface area contributed by atoms with Gasteiger partial charge in [-0.25, -0.2) is 0 Å². The second-order valence-electron chi connectivity index (χ2n) is 1.71. The van der Waals surface area contributed by atoms with E-state index in [0.717, 1.165) is 0 Å². The largest absolute Gasteiger partial charge is 0.351 e. The van der Waals surface area contributed by atoms with Gasteiger partial charge in [0.1, 0.15) is 0 Å². The van der Waals surface area contributed by atoms with Crippen LogP contribution in [0.25, 0.3) is 0 Å². The molecule has 1 saturated heterocycles. The Morgan fingerprint density at radius 2 is 2.25 bits per heavy atom. The molecule has 0 atom stereocenters. The molecule has 2 nitrogen and oxygen atoms in total. The Labute approximate surface area is 44.9 Å². The molecule has 8 heavy (non-hydrogen) atoms. The van der Waals surface area contributed by atoms with Gasteiger partial charge in [-0.2, -0.15) is 8.78 Å². The van der Waals surface area contributed by atoms with E-state index in [-0.39, 0.29) is 13.0 Å². The van der Waals surface area contributed by atoms with E-state index < -0.39 is 11.8 Å². The average molecular weight is 121 g/mol. The standard InChI is InChI=1S/C4H5F2NO/c5-4(6)1-2-7-3(4)8/h1-2H2,(H,7,8). The molecular formula is C4H5F2NO. The molecule has 46 valence electrons. The lowest BCUT2D eigenvalue weighted by molar-refractivity contribution is -0.139. The third kappa shape index (κ3) is 0.657. The zero-order chi connectivity index (χ0) is 6.20. The molecule has 0 saturated carbocycles. The average Bonchev–Trinajstić information content (AvgIpc) is 1.86. The summed E-state index contributed by atoms with van der Waals surface area (Å²) < 4.78 is 23.9. The first kappa shape index (κ1) is 5.47. The number of rotatable bonds is 0. The van der Waals surface area contributed by atoms with Crippen LogP contribution in [-0.4, -0.2) is 18.4 Å². The minimum Gasteiger partial charge on any atom is -0.351 e. The predicted octanol–water partition coefficient (Wildman–Crippen LogP) is 0.142. The normalized spacial score (nSPS) is 25.5. The van der Waals surface area contributed by atoms with Crippen molar-refractivity contribution in [3.63, 3.8) is 0 Å². The second kappa shape index (κ2) is 1.40. The van der Waals surface area contributed by atoms with Crippen molar-refractivity contribution in [2.45, 2.75) is 12.3 Å². The summed E-state index contributed by atoms with van der Waals surface area (Å²) >= 11 is 0. The van der Waals surface area contributed by atoms with Crippen molar-refractivity contribution < 1.29 is 13.6 Å². The van der Waals surface area contributed by atoms with Crippen molar-refractivity contribution in [1.82, 2.24) is 5.32 Å². The quantitative estimate of drug-likeness (QED) is 0.485. The highest BCUT2D eigenvalue weighted by atomic mass is 19.3. The lowest BCUT2D eigenvalue weighted by Gasteiger charge is -2.00. The molecule has 0 aromatic rings. The van der Waals surface area contributed by atoms with E-state index in [9.17, 15) is 13.6 Å². The maximum atomic E-state index is 11.9. The molecule has 1 fully saturated rings. The molecule has 1 aliphatic heterocycles. The number of halogens is 2. The van der Waals surface area contributed by atoms with E-state index in [1.807, 2.05) is 5.32 Å². The molecule has 0 aliphatic carbocycles. The summed E-state index contributed by atoms with van der Waals surface area (Å²) in [5, 5.41) is 2.02. The van der Waals surface area contributed by atoms with Gasteiger partial charge >= 0.3 is 5.92 Å². The third-order valence-electron chi connectivity index (χ3n) is 1.06. The molecule has 0 radical (unpaired) electrons. The van der Waals surface area contributed by atoms with Crippen LogP contribution < -0.4 is 5.32 Å². The van der Waals surface area contributed by atoms with Gasteiger partial charge in [0.15, 0.2) is 0 Å². The van der Waals surface area contributed by atoms with Gasteiger partial charge in [0.2, 0.25) is 0 Å². The minimum absolute atomic E-state index is 0.103. The first-order valence-corrected chi connectivity index (χ1v) is 2.29. The van der Waals surface area contributed by atoms with Gasteiger partial charge in [0, 0.05) is 13.0 Å². The van der Waals surface area contributed by atoms with Crippen LogP contribution in [0.5, 0.6) is 0 Å². The van der Waals surface area contributed by atoms with Crippen LogP contribution in [-0.2, 0) is 4.79 Å². The number of hydrogen-bond donors (Lipinski definition) is 1. The van der Waals surface area contributed by atoms with Crippen LogP contribution in [0.1, 0.15) is 6.42 Å². The van der Waals surface area contributed by atoms with Gasteiger partial charge in [-0.1, -0.05) is 0 Å². The molecule has 0 spiro atoms. The molecule has 1 amide bonds. The van der Waals surface area contributed by atoms with Gasteiger partial charge in [-0.05, 0) is 0 Å². The number of amides is 1. The van der Waals surface area contributed by atoms with Crippen molar-refractivity contribution in [2.75, 3.05) is 6.54 Å². The van der Waals surface area contributed by atoms with Crippen LogP contribution in [0.3, 0.4) is 0 Å². The van der Waals surface area contributed by atoms with Crippen LogP contribution in [0.15, 0.2) is 0 Å². The molecule has 0 aromatic heterocycles. The molecule has 0 unspecified atom stereocenters. The maximum absolute atomic E-state index is 11.9. The number of nitrogens with one attached hydrogen (secondary N) is 1. The Kier molecular flexibility index (Phi) is 0.957. The van der Waals surface area contributed by atoms with Gasteiger partial charge in [-0.3, -0.25) is 4.79 Å². The summed E-state index contributed by atoms with van der Waals surface area (Å²) in [5.74, 6) is -4.24. The summed E-state index contributed by atoms with van der Waals surface area (Å²) in [5.41, 5.74) is 0. The maximum Gasteiger partial charge on any atom is 0.326 e. The zero-order valence-electron chi connectivity index (χ0n) is 4.08. The van der Waals surface area contributed by atoms with Crippen LogP contribution in [0, 0.1) is 0 Å². The van der Waals surface area contributed by atoms with E-state index in [0.29, 0.717) is 0 Å². The zero-order valence-corrected chi connectivity index (χ0v) is 4.08. The lowest BCUT2D eigenvalue weighted by Crippen LogP contribution is -2.28. The van der Waals surface area contributed by atoms with E-state index in [2.05, 4.69) is 0 Å². The molecule has 1 heterocycles. The Balaban J connectivity index is 2.68. The van der Waals surface area contributed by atoms with Crippen molar-refractivity contribution >= 4 is 5.91 Å². The number of hydrogen-bond acceptors (Lipinski definition) is 1. The first-order valence-electron chi connectivity index (χ1n) is 2.29. The smallest absolute Gasteiger partial charge is 0.326 e. The van der Waals surface area contributed by atoms with Crippen LogP contribution in [0.2, 0.25) is 0 Å². The van der Waals surface area contributed by atoms with E-state index in [1.165, 1.54) is 0 Å². The van der Waals surface area contributed by atoms with E-state index in [1.54, 1.807) is 0 Å². The van der Waals surface area contributed by atoms with Crippen molar-refractivity contribution in [2.24, 2.45) is 0 Å². The van der Waals surface area contributed by atoms with Gasteiger partial charge < -0.3 is 5.32 Å². The highest BCUT2D eigenvalue weighted by Gasteiger charge is 2.42. The van der Waals surface area contributed by atoms with Gasteiger partial charge in [0.05, 0.1) is 0 Å². The highest BCUT2D eigenvalue weighted by molar-refractivity contribution is 5.85. The Morgan fingerprint density at radius 3 is 2.38 bits per heavy atom. The number of carbonyl (C=O) groups is 1. The molecule has 0 bridgehead atoms. The molecule has 1 N–H and O–H groups in total. The van der Waals surface area contributed by atoms with Crippen molar-refractivity contribution in [3.05, 3.63) is 0 Å².